The zero-order chi connectivity index (χ0) is 27.6. The molecule has 40 heavy (non-hydrogen) atoms. The number of benzene rings is 2. The number of hydrogen-bond acceptors (Lipinski definition) is 12. The minimum absolute atomic E-state index is 0. The zero-order valence-electron chi connectivity index (χ0n) is 23.5. The maximum absolute atomic E-state index is 10.6. The number of anilines is 3. The number of nitrogens with one attached hydrogen (secondary N) is 2. The predicted octanol–water partition coefficient (Wildman–Crippen LogP) is -3.15. The van der Waals surface area contributed by atoms with Crippen molar-refractivity contribution in [2.24, 2.45) is 0 Å². The fourth-order valence-corrected chi connectivity index (χ4v) is 3.46. The minimum Gasteiger partial charge on any atom is -1.00 e. The molecule has 18 heteroatoms. The second kappa shape index (κ2) is 26.5. The molecule has 0 amide bonds. The Morgan fingerprint density at radius 3 is 1.75 bits per heavy atom. The number of halogens is 2. The van der Waals surface area contributed by atoms with E-state index in [0.29, 0.717) is 5.02 Å². The van der Waals surface area contributed by atoms with E-state index in [2.05, 4.69) is 15.6 Å². The first-order valence-electron chi connectivity index (χ1n) is 11.4. The predicted molar refractivity (Wildman–Crippen MR) is 147 cm³/mol. The SMILES string of the molecule is C1CCNCC1.Cl.Nc1cc(Cl)ccc1[N+](=O)[O-].Nc1cc(N2CCCCN2)ccc1[N+](=O)[O-].O=CO[O-].[H-].[K+].[K+]. The fraction of sp³-hybridized carbons (Fsp3) is 0.409. The van der Waals surface area contributed by atoms with Gasteiger partial charge in [0.25, 0.3) is 17.8 Å². The number of nitrogen functional groups attached to an aromatic ring is 2. The molecule has 2 heterocycles. The van der Waals surface area contributed by atoms with E-state index in [0.717, 1.165) is 31.6 Å². The van der Waals surface area contributed by atoms with Gasteiger partial charge in [-0.15, -0.1) is 12.4 Å². The van der Waals surface area contributed by atoms with E-state index < -0.39 is 9.85 Å². The first kappa shape index (κ1) is 44.3. The third-order valence-electron chi connectivity index (χ3n) is 5.06. The van der Waals surface area contributed by atoms with Gasteiger partial charge in [0.2, 0.25) is 0 Å². The summed E-state index contributed by atoms with van der Waals surface area (Å²) in [4.78, 5) is 31.1. The third kappa shape index (κ3) is 18.4. The summed E-state index contributed by atoms with van der Waals surface area (Å²) in [6.45, 7) is 4.15. The smallest absolute Gasteiger partial charge is 1.00 e. The normalized spacial score (nSPS) is 13.2. The maximum atomic E-state index is 10.6. The van der Waals surface area contributed by atoms with Gasteiger partial charge in [-0.05, 0) is 63.0 Å². The molecule has 2 aromatic carbocycles. The average molecular weight is 657 g/mol. The first-order valence-corrected chi connectivity index (χ1v) is 11.8. The number of piperidine rings is 1. The van der Waals surface area contributed by atoms with Crippen LogP contribution in [0.2, 0.25) is 5.02 Å². The van der Waals surface area contributed by atoms with Crippen molar-refractivity contribution in [3.05, 3.63) is 61.6 Å². The van der Waals surface area contributed by atoms with E-state index in [4.69, 9.17) is 33.1 Å². The van der Waals surface area contributed by atoms with Crippen LogP contribution in [0.25, 0.3) is 0 Å². The maximum Gasteiger partial charge on any atom is 1.00 e. The number of nitrogens with zero attached hydrogens (tertiary/aromatic N) is 3. The molecule has 2 aliphatic heterocycles. The number of nitro groups is 2. The van der Waals surface area contributed by atoms with E-state index in [1.807, 2.05) is 5.01 Å². The second-order valence-corrected chi connectivity index (χ2v) is 8.17. The summed E-state index contributed by atoms with van der Waals surface area (Å²) in [6, 6.07) is 8.84. The van der Waals surface area contributed by atoms with Gasteiger partial charge in [-0.3, -0.25) is 25.0 Å². The Morgan fingerprint density at radius 2 is 1.40 bits per heavy atom. The van der Waals surface area contributed by atoms with Crippen molar-refractivity contribution in [2.75, 3.05) is 42.7 Å². The molecule has 0 spiro atoms. The largest absolute Gasteiger partial charge is 1.00 e. The number of carbonyl (C=O) groups excluding carboxylic acids is 1. The number of nitrogens with two attached hydrogens (primary N) is 2. The molecular weight excluding hydrogens is 623 g/mol. The van der Waals surface area contributed by atoms with Crippen molar-refractivity contribution in [3.8, 4) is 0 Å². The van der Waals surface area contributed by atoms with Gasteiger partial charge < -0.3 is 33.4 Å². The third-order valence-corrected chi connectivity index (χ3v) is 5.30. The number of hydrogen-bond donors (Lipinski definition) is 4. The second-order valence-electron chi connectivity index (χ2n) is 7.73. The molecule has 4 rings (SSSR count). The topological polar surface area (TPSA) is 215 Å². The van der Waals surface area contributed by atoms with Crippen molar-refractivity contribution in [2.45, 2.75) is 32.1 Å². The molecule has 0 atom stereocenters. The van der Waals surface area contributed by atoms with Crippen LogP contribution in [0.3, 0.4) is 0 Å². The zero-order valence-corrected chi connectivity index (χ0v) is 30.4. The van der Waals surface area contributed by atoms with Gasteiger partial charge in [0.05, 0.1) is 15.5 Å². The number of hydrazine groups is 1. The Kier molecular flexibility index (Phi) is 29.3. The Morgan fingerprint density at radius 1 is 0.900 bits per heavy atom. The first-order chi connectivity index (χ1) is 17.7. The molecular formula is C22H33Cl2K2N7O7. The molecule has 2 aromatic rings. The van der Waals surface area contributed by atoms with Gasteiger partial charge >= 0.3 is 103 Å². The van der Waals surface area contributed by atoms with Gasteiger partial charge in [-0.1, -0.05) is 18.0 Å². The quantitative estimate of drug-likeness (QED) is 0.0641. The van der Waals surface area contributed by atoms with Gasteiger partial charge in [-0.25, -0.2) is 5.43 Å². The van der Waals surface area contributed by atoms with Crippen molar-refractivity contribution in [3.63, 3.8) is 0 Å². The van der Waals surface area contributed by atoms with Crippen molar-refractivity contribution in [1.29, 1.82) is 0 Å². The van der Waals surface area contributed by atoms with Crippen molar-refractivity contribution < 1.29 is 129 Å². The molecule has 0 unspecified atom stereocenters. The Bertz CT molecular complexity index is 1010. The van der Waals surface area contributed by atoms with Gasteiger partial charge in [0.15, 0.2) is 0 Å². The van der Waals surface area contributed by atoms with E-state index >= 15 is 0 Å². The van der Waals surface area contributed by atoms with E-state index in [1.54, 1.807) is 12.1 Å². The van der Waals surface area contributed by atoms with Crippen molar-refractivity contribution in [1.82, 2.24) is 10.7 Å². The summed E-state index contributed by atoms with van der Waals surface area (Å²) in [5, 5.41) is 34.9. The van der Waals surface area contributed by atoms with E-state index in [-0.39, 0.29) is 146 Å². The molecule has 0 saturated carbocycles. The monoisotopic (exact) mass is 655 g/mol. The van der Waals surface area contributed by atoms with Crippen LogP contribution in [0.4, 0.5) is 28.4 Å². The summed E-state index contributed by atoms with van der Waals surface area (Å²) in [6.07, 6.45) is 6.48. The summed E-state index contributed by atoms with van der Waals surface area (Å²) in [7, 11) is 0. The molecule has 0 aromatic heterocycles. The molecule has 2 aliphatic rings. The van der Waals surface area contributed by atoms with Gasteiger partial charge in [0, 0.05) is 30.2 Å². The number of carbonyl (C=O) groups is 1. The van der Waals surface area contributed by atoms with Crippen molar-refractivity contribution >= 4 is 58.9 Å². The van der Waals surface area contributed by atoms with Gasteiger partial charge in [0.1, 0.15) is 11.4 Å². The molecule has 6 N–H and O–H groups in total. The summed E-state index contributed by atoms with van der Waals surface area (Å²) in [5.41, 5.74) is 15.2. The van der Waals surface area contributed by atoms with Crippen LogP contribution in [0.1, 0.15) is 33.5 Å². The van der Waals surface area contributed by atoms with Crippen LogP contribution in [-0.2, 0) is 9.68 Å². The fourth-order valence-electron chi connectivity index (χ4n) is 3.28. The number of rotatable bonds is 4. The molecule has 2 fully saturated rings. The van der Waals surface area contributed by atoms with Crippen LogP contribution >= 0.6 is 24.0 Å². The van der Waals surface area contributed by atoms with E-state index in [1.165, 1.54) is 56.6 Å². The Hall–Kier alpha value is -0.157. The Balaban J connectivity index is -0.000000240. The van der Waals surface area contributed by atoms with Crippen LogP contribution in [0.15, 0.2) is 36.4 Å². The summed E-state index contributed by atoms with van der Waals surface area (Å²) >= 11 is 5.52. The van der Waals surface area contributed by atoms with Crippen LogP contribution in [0, 0.1) is 20.2 Å². The van der Waals surface area contributed by atoms with Crippen LogP contribution in [-0.4, -0.2) is 42.5 Å². The average Bonchev–Trinajstić information content (AvgIpc) is 2.90. The van der Waals surface area contributed by atoms with Gasteiger partial charge in [-0.2, -0.15) is 0 Å². The molecule has 214 valence electrons. The summed E-state index contributed by atoms with van der Waals surface area (Å²) in [5.74, 6) is 0. The minimum atomic E-state index is -0.550. The summed E-state index contributed by atoms with van der Waals surface area (Å²) < 4.78 is 0. The molecule has 0 bridgehead atoms. The molecule has 2 saturated heterocycles. The molecule has 0 aliphatic carbocycles. The Labute approximate surface area is 330 Å². The van der Waals surface area contributed by atoms with E-state index in [9.17, 15) is 20.2 Å². The number of nitro benzene ring substituents is 2. The van der Waals surface area contributed by atoms with Crippen LogP contribution < -0.4 is 135 Å². The van der Waals surface area contributed by atoms with Crippen LogP contribution in [0.5, 0.6) is 0 Å². The molecule has 14 nitrogen and oxygen atoms in total. The molecule has 0 radical (unpaired) electrons. The standard InChI is InChI=1S/C10H14N4O2.C6H5ClN2O2.C5H11N.CH2O3.ClH.2K.H/c11-9-7-8(3-4-10(9)14(15)16)13-6-2-1-5-12-13;7-4-1-2-6(9(10)11)5(8)3-4;1-2-4-6-5-3-1;2-1-4-3;;;;/h3-4,7,12H,1-2,5-6,11H2;1-3H,8H2;6H,1-5H2;1,3H;1H;;;/q;;;;;2*+1;-1/p-1.